The van der Waals surface area contributed by atoms with Crippen molar-refractivity contribution in [3.05, 3.63) is 39.3 Å². The summed E-state index contributed by atoms with van der Waals surface area (Å²) >= 11 is 1.39. The van der Waals surface area contributed by atoms with E-state index in [1.165, 1.54) is 17.4 Å². The van der Waals surface area contributed by atoms with Gasteiger partial charge in [-0.1, -0.05) is 0 Å². The minimum absolute atomic E-state index is 0.167. The highest BCUT2D eigenvalue weighted by atomic mass is 32.1. The molecule has 0 radical (unpaired) electrons. The summed E-state index contributed by atoms with van der Waals surface area (Å²) in [5, 5.41) is 7.88. The van der Waals surface area contributed by atoms with Crippen LogP contribution in [-0.2, 0) is 0 Å². The van der Waals surface area contributed by atoms with Gasteiger partial charge in [0.05, 0.1) is 11.4 Å². The number of carbonyl (C=O) groups excluding carboxylic acids is 1. The van der Waals surface area contributed by atoms with E-state index in [1.807, 2.05) is 25.3 Å². The Morgan fingerprint density at radius 3 is 2.67 bits per heavy atom. The lowest BCUT2D eigenvalue weighted by Crippen LogP contribution is -2.22. The van der Waals surface area contributed by atoms with Crippen LogP contribution in [0.1, 0.15) is 33.6 Å². The van der Waals surface area contributed by atoms with Crippen LogP contribution in [0.15, 0.2) is 17.5 Å². The lowest BCUT2D eigenvalue weighted by atomic mass is 10.0. The molecule has 0 spiro atoms. The van der Waals surface area contributed by atoms with Crippen molar-refractivity contribution in [2.24, 2.45) is 0 Å². The molecule has 2 aromatic rings. The second kappa shape index (κ2) is 6.81. The van der Waals surface area contributed by atoms with Gasteiger partial charge in [0.15, 0.2) is 0 Å². The molecule has 1 fully saturated rings. The standard InChI is InChI=1S/C18H22FN3OS/c1-11-10-13(19)16(22-7-4-5-8-22)12(2)15(11)21-18(23)17-14(20-3)6-9-24-17/h6,9-10,20H,4-5,7-8H2,1-3H3,(H,21,23). The molecule has 1 aliphatic rings. The van der Waals surface area contributed by atoms with Crippen molar-refractivity contribution >= 4 is 34.3 Å². The first-order valence-electron chi connectivity index (χ1n) is 8.14. The van der Waals surface area contributed by atoms with E-state index in [1.54, 1.807) is 7.05 Å². The average Bonchev–Trinajstić information content (AvgIpc) is 3.22. The highest BCUT2D eigenvalue weighted by Gasteiger charge is 2.23. The maximum absolute atomic E-state index is 14.5. The molecule has 2 heterocycles. The fourth-order valence-corrected chi connectivity index (χ4v) is 4.09. The SMILES string of the molecule is CNc1ccsc1C(=O)Nc1c(C)cc(F)c(N2CCCC2)c1C. The van der Waals surface area contributed by atoms with Crippen molar-refractivity contribution in [2.75, 3.05) is 35.7 Å². The van der Waals surface area contributed by atoms with E-state index in [2.05, 4.69) is 15.5 Å². The van der Waals surface area contributed by atoms with Gasteiger partial charge < -0.3 is 15.5 Å². The quantitative estimate of drug-likeness (QED) is 0.862. The van der Waals surface area contributed by atoms with Crippen LogP contribution in [0.5, 0.6) is 0 Å². The molecular weight excluding hydrogens is 325 g/mol. The van der Waals surface area contributed by atoms with Crippen LogP contribution in [-0.4, -0.2) is 26.0 Å². The molecule has 24 heavy (non-hydrogen) atoms. The van der Waals surface area contributed by atoms with Crippen molar-refractivity contribution in [1.82, 2.24) is 0 Å². The van der Waals surface area contributed by atoms with Gasteiger partial charge in [-0.15, -0.1) is 11.3 Å². The predicted molar refractivity (Wildman–Crippen MR) is 99.1 cm³/mol. The third-order valence-corrected chi connectivity index (χ3v) is 5.41. The Labute approximate surface area is 145 Å². The number of carbonyl (C=O) groups is 1. The van der Waals surface area contributed by atoms with Gasteiger partial charge in [0.2, 0.25) is 0 Å². The Balaban J connectivity index is 1.95. The zero-order valence-electron chi connectivity index (χ0n) is 14.2. The summed E-state index contributed by atoms with van der Waals surface area (Å²) in [7, 11) is 1.79. The Morgan fingerprint density at radius 1 is 1.29 bits per heavy atom. The van der Waals surface area contributed by atoms with Gasteiger partial charge in [-0.05, 0) is 55.3 Å². The van der Waals surface area contributed by atoms with Gasteiger partial charge in [0.1, 0.15) is 10.7 Å². The number of halogens is 1. The van der Waals surface area contributed by atoms with Crippen molar-refractivity contribution < 1.29 is 9.18 Å². The second-order valence-corrected chi connectivity index (χ2v) is 7.00. The number of rotatable bonds is 4. The molecule has 3 rings (SSSR count). The summed E-state index contributed by atoms with van der Waals surface area (Å²) in [5.41, 5.74) is 3.66. The number of amides is 1. The third-order valence-electron chi connectivity index (χ3n) is 4.50. The molecule has 0 unspecified atom stereocenters. The maximum Gasteiger partial charge on any atom is 0.267 e. The van der Waals surface area contributed by atoms with E-state index in [-0.39, 0.29) is 11.7 Å². The Hall–Kier alpha value is -2.08. The summed E-state index contributed by atoms with van der Waals surface area (Å²) in [5.74, 6) is -0.378. The summed E-state index contributed by atoms with van der Waals surface area (Å²) in [6.45, 7) is 5.44. The average molecular weight is 347 g/mol. The number of thiophene rings is 1. The molecule has 6 heteroatoms. The monoisotopic (exact) mass is 347 g/mol. The first-order valence-corrected chi connectivity index (χ1v) is 9.02. The van der Waals surface area contributed by atoms with Gasteiger partial charge in [-0.25, -0.2) is 4.39 Å². The highest BCUT2D eigenvalue weighted by Crippen LogP contribution is 2.35. The molecule has 1 aliphatic heterocycles. The van der Waals surface area contributed by atoms with E-state index < -0.39 is 0 Å². The topological polar surface area (TPSA) is 44.4 Å². The Kier molecular flexibility index (Phi) is 4.76. The number of nitrogens with zero attached hydrogens (tertiary/aromatic N) is 1. The van der Waals surface area contributed by atoms with Crippen LogP contribution >= 0.6 is 11.3 Å². The van der Waals surface area contributed by atoms with E-state index in [4.69, 9.17) is 0 Å². The lowest BCUT2D eigenvalue weighted by molar-refractivity contribution is 0.103. The molecular formula is C18H22FN3OS. The maximum atomic E-state index is 14.5. The van der Waals surface area contributed by atoms with E-state index in [0.717, 1.165) is 42.7 Å². The summed E-state index contributed by atoms with van der Waals surface area (Å²) in [4.78, 5) is 15.3. The predicted octanol–water partition coefficient (Wildman–Crippen LogP) is 4.40. The minimum Gasteiger partial charge on any atom is -0.387 e. The lowest BCUT2D eigenvalue weighted by Gasteiger charge is -2.24. The second-order valence-electron chi connectivity index (χ2n) is 6.09. The van der Waals surface area contributed by atoms with Crippen LogP contribution < -0.4 is 15.5 Å². The summed E-state index contributed by atoms with van der Waals surface area (Å²) in [6.07, 6.45) is 2.16. The number of nitrogens with one attached hydrogen (secondary N) is 2. The normalized spacial score (nSPS) is 14.1. The molecule has 1 aromatic carbocycles. The molecule has 2 N–H and O–H groups in total. The minimum atomic E-state index is -0.211. The van der Waals surface area contributed by atoms with Crippen LogP contribution in [0, 0.1) is 19.7 Å². The number of anilines is 3. The van der Waals surface area contributed by atoms with E-state index >= 15 is 0 Å². The van der Waals surface area contributed by atoms with Crippen LogP contribution in [0.4, 0.5) is 21.5 Å². The molecule has 0 saturated carbocycles. The van der Waals surface area contributed by atoms with E-state index in [0.29, 0.717) is 16.3 Å². The van der Waals surface area contributed by atoms with Crippen molar-refractivity contribution in [2.45, 2.75) is 26.7 Å². The summed E-state index contributed by atoms with van der Waals surface area (Å²) < 4.78 is 14.5. The highest BCUT2D eigenvalue weighted by molar-refractivity contribution is 7.12. The zero-order valence-corrected chi connectivity index (χ0v) is 15.0. The van der Waals surface area contributed by atoms with E-state index in [9.17, 15) is 9.18 Å². The molecule has 0 atom stereocenters. The van der Waals surface area contributed by atoms with Crippen molar-refractivity contribution in [1.29, 1.82) is 0 Å². The fourth-order valence-electron chi connectivity index (χ4n) is 3.30. The number of hydrogen-bond donors (Lipinski definition) is 2. The van der Waals surface area contributed by atoms with Crippen molar-refractivity contribution in [3.63, 3.8) is 0 Å². The summed E-state index contributed by atoms with van der Waals surface area (Å²) in [6, 6.07) is 3.39. The zero-order chi connectivity index (χ0) is 17.3. The van der Waals surface area contributed by atoms with Crippen LogP contribution in [0.25, 0.3) is 0 Å². The van der Waals surface area contributed by atoms with Crippen molar-refractivity contribution in [3.8, 4) is 0 Å². The molecule has 4 nitrogen and oxygen atoms in total. The first kappa shape index (κ1) is 16.8. The number of hydrogen-bond acceptors (Lipinski definition) is 4. The van der Waals surface area contributed by atoms with Gasteiger partial charge >= 0.3 is 0 Å². The molecule has 1 saturated heterocycles. The third kappa shape index (κ3) is 2.98. The largest absolute Gasteiger partial charge is 0.387 e. The van der Waals surface area contributed by atoms with Gasteiger partial charge in [-0.2, -0.15) is 0 Å². The molecule has 0 bridgehead atoms. The fraction of sp³-hybridized carbons (Fsp3) is 0.389. The Morgan fingerprint density at radius 2 is 2.00 bits per heavy atom. The molecule has 128 valence electrons. The van der Waals surface area contributed by atoms with Gasteiger partial charge in [-0.3, -0.25) is 4.79 Å². The van der Waals surface area contributed by atoms with Crippen LogP contribution in [0.2, 0.25) is 0 Å². The van der Waals surface area contributed by atoms with Gasteiger partial charge in [0, 0.05) is 25.8 Å². The smallest absolute Gasteiger partial charge is 0.267 e. The molecule has 0 aliphatic carbocycles. The number of aryl methyl sites for hydroxylation is 1. The Bertz CT molecular complexity index is 766. The first-order chi connectivity index (χ1) is 11.5. The van der Waals surface area contributed by atoms with Gasteiger partial charge in [0.25, 0.3) is 5.91 Å². The molecule has 1 aromatic heterocycles. The van der Waals surface area contributed by atoms with Crippen LogP contribution in [0.3, 0.4) is 0 Å². The number of benzene rings is 1. The molecule has 1 amide bonds.